The summed E-state index contributed by atoms with van der Waals surface area (Å²) in [6, 6.07) is 15.2. The molecule has 7 heteroatoms. The third-order valence-electron chi connectivity index (χ3n) is 6.39. The molecule has 40 heavy (non-hydrogen) atoms. The van der Waals surface area contributed by atoms with Crippen LogP contribution in [0, 0.1) is 29.1 Å². The van der Waals surface area contributed by atoms with Crippen LogP contribution in [0.4, 0.5) is 30.7 Å². The molecule has 0 heterocycles. The molecule has 0 N–H and O–H groups in total. The molecular weight excluding hydrogens is 529 g/mol. The minimum atomic E-state index is -2.72. The van der Waals surface area contributed by atoms with Gasteiger partial charge in [0.2, 0.25) is 0 Å². The highest BCUT2D eigenvalue weighted by Gasteiger charge is 2.13. The van der Waals surface area contributed by atoms with E-state index in [0.29, 0.717) is 11.6 Å². The summed E-state index contributed by atoms with van der Waals surface area (Å²) >= 11 is 0. The summed E-state index contributed by atoms with van der Waals surface area (Å²) in [6.45, 7) is 2.00. The number of alkyl halides is 2. The SMILES string of the molecule is CCCc1ccc(-c2ccc(-c3ccc(/C=C/c4cc(F)c(C/C=C/C(F)F)c(F)c4)c(F)c3)c(F)c2)c(F)c1. The van der Waals surface area contributed by atoms with Crippen LogP contribution in [-0.4, -0.2) is 6.43 Å². The van der Waals surface area contributed by atoms with Crippen LogP contribution in [0.5, 0.6) is 0 Å². The molecule has 206 valence electrons. The highest BCUT2D eigenvalue weighted by atomic mass is 19.3. The molecule has 0 saturated carbocycles. The zero-order valence-corrected chi connectivity index (χ0v) is 21.5. The van der Waals surface area contributed by atoms with Gasteiger partial charge in [0.1, 0.15) is 29.1 Å². The molecule has 0 bridgehead atoms. The molecule has 0 aliphatic carbocycles. The number of benzene rings is 4. The Kier molecular flexibility index (Phi) is 9.25. The smallest absolute Gasteiger partial charge is 0.207 e. The number of allylic oxidation sites excluding steroid dienone is 2. The number of aryl methyl sites for hydroxylation is 1. The van der Waals surface area contributed by atoms with Gasteiger partial charge in [-0.3, -0.25) is 0 Å². The van der Waals surface area contributed by atoms with Gasteiger partial charge in [0, 0.05) is 22.3 Å². The van der Waals surface area contributed by atoms with E-state index in [9.17, 15) is 26.3 Å². The first kappa shape index (κ1) is 28.9. The normalized spacial score (nSPS) is 11.8. The van der Waals surface area contributed by atoms with Crippen molar-refractivity contribution in [3.05, 3.63) is 130 Å². The Hall–Kier alpha value is -4.13. The Labute approximate surface area is 228 Å². The largest absolute Gasteiger partial charge is 0.257 e. The molecule has 4 aromatic rings. The van der Waals surface area contributed by atoms with Crippen LogP contribution in [0.2, 0.25) is 0 Å². The van der Waals surface area contributed by atoms with Crippen molar-refractivity contribution in [1.82, 2.24) is 0 Å². The average molecular weight is 555 g/mol. The van der Waals surface area contributed by atoms with Crippen molar-refractivity contribution in [2.24, 2.45) is 0 Å². The maximum atomic E-state index is 15.0. The van der Waals surface area contributed by atoms with E-state index in [2.05, 4.69) is 0 Å². The maximum absolute atomic E-state index is 15.0. The van der Waals surface area contributed by atoms with Gasteiger partial charge < -0.3 is 0 Å². The first-order valence-electron chi connectivity index (χ1n) is 12.6. The minimum Gasteiger partial charge on any atom is -0.207 e. The van der Waals surface area contributed by atoms with Crippen molar-refractivity contribution in [2.45, 2.75) is 32.6 Å². The summed E-state index contributed by atoms with van der Waals surface area (Å²) in [6.07, 6.45) is 2.71. The Bertz CT molecular complexity index is 1540. The maximum Gasteiger partial charge on any atom is 0.257 e. The summed E-state index contributed by atoms with van der Waals surface area (Å²) in [7, 11) is 0. The van der Waals surface area contributed by atoms with E-state index in [4.69, 9.17) is 0 Å². The first-order valence-corrected chi connectivity index (χ1v) is 12.6. The van der Waals surface area contributed by atoms with Crippen LogP contribution < -0.4 is 0 Å². The lowest BCUT2D eigenvalue weighted by atomic mass is 9.97. The van der Waals surface area contributed by atoms with Crippen LogP contribution in [0.25, 0.3) is 34.4 Å². The molecule has 0 atom stereocenters. The van der Waals surface area contributed by atoms with Crippen molar-refractivity contribution in [3.8, 4) is 22.3 Å². The van der Waals surface area contributed by atoms with Crippen molar-refractivity contribution < 1.29 is 30.7 Å². The van der Waals surface area contributed by atoms with E-state index in [1.54, 1.807) is 18.2 Å². The van der Waals surface area contributed by atoms with Gasteiger partial charge in [-0.05, 0) is 71.5 Å². The van der Waals surface area contributed by atoms with E-state index in [1.807, 2.05) is 6.92 Å². The van der Waals surface area contributed by atoms with E-state index >= 15 is 4.39 Å². The van der Waals surface area contributed by atoms with Crippen molar-refractivity contribution in [2.75, 3.05) is 0 Å². The van der Waals surface area contributed by atoms with Gasteiger partial charge in [-0.15, -0.1) is 0 Å². The fraction of sp³-hybridized carbons (Fsp3) is 0.152. The molecule has 4 aromatic carbocycles. The monoisotopic (exact) mass is 554 g/mol. The second-order valence-corrected chi connectivity index (χ2v) is 9.26. The van der Waals surface area contributed by atoms with Gasteiger partial charge in [0.15, 0.2) is 0 Å². The highest BCUT2D eigenvalue weighted by molar-refractivity contribution is 5.75. The molecule has 0 aliphatic heterocycles. The Morgan fingerprint density at radius 1 is 0.650 bits per heavy atom. The van der Waals surface area contributed by atoms with Gasteiger partial charge in [0.25, 0.3) is 6.43 Å². The number of hydrogen-bond acceptors (Lipinski definition) is 0. The lowest BCUT2D eigenvalue weighted by Gasteiger charge is -2.10. The molecule has 0 aromatic heterocycles. The molecule has 0 unspecified atom stereocenters. The van der Waals surface area contributed by atoms with Gasteiger partial charge in [-0.1, -0.05) is 68.0 Å². The molecule has 0 fully saturated rings. The summed E-state index contributed by atoms with van der Waals surface area (Å²) in [4.78, 5) is 0. The Morgan fingerprint density at radius 3 is 1.82 bits per heavy atom. The average Bonchev–Trinajstić information content (AvgIpc) is 2.89. The summed E-state index contributed by atoms with van der Waals surface area (Å²) in [5.74, 6) is -3.61. The van der Waals surface area contributed by atoms with Gasteiger partial charge in [-0.25, -0.2) is 30.7 Å². The van der Waals surface area contributed by atoms with Crippen LogP contribution in [0.3, 0.4) is 0 Å². The minimum absolute atomic E-state index is 0.0970. The first-order chi connectivity index (χ1) is 19.2. The van der Waals surface area contributed by atoms with Crippen molar-refractivity contribution >= 4 is 12.2 Å². The number of hydrogen-bond donors (Lipinski definition) is 0. The third kappa shape index (κ3) is 6.89. The van der Waals surface area contributed by atoms with Gasteiger partial charge >= 0.3 is 0 Å². The fourth-order valence-electron chi connectivity index (χ4n) is 4.37. The zero-order chi connectivity index (χ0) is 28.8. The van der Waals surface area contributed by atoms with E-state index in [0.717, 1.165) is 42.7 Å². The van der Waals surface area contributed by atoms with Crippen LogP contribution in [0.15, 0.2) is 78.9 Å². The van der Waals surface area contributed by atoms with Crippen molar-refractivity contribution in [1.29, 1.82) is 0 Å². The lowest BCUT2D eigenvalue weighted by molar-refractivity contribution is 0.204. The molecule has 0 aliphatic rings. The van der Waals surface area contributed by atoms with E-state index in [-0.39, 0.29) is 39.8 Å². The van der Waals surface area contributed by atoms with Gasteiger partial charge in [-0.2, -0.15) is 0 Å². The summed E-state index contributed by atoms with van der Waals surface area (Å²) < 4.78 is 97.5. The Morgan fingerprint density at radius 2 is 1.25 bits per heavy atom. The molecule has 0 nitrogen and oxygen atoms in total. The summed E-state index contributed by atoms with van der Waals surface area (Å²) in [5, 5.41) is 0. The van der Waals surface area contributed by atoms with Crippen LogP contribution in [0.1, 0.15) is 35.6 Å². The third-order valence-corrected chi connectivity index (χ3v) is 6.39. The van der Waals surface area contributed by atoms with Crippen LogP contribution in [-0.2, 0) is 12.8 Å². The quantitative estimate of drug-likeness (QED) is 0.110. The predicted molar refractivity (Wildman–Crippen MR) is 145 cm³/mol. The summed E-state index contributed by atoms with van der Waals surface area (Å²) in [5.41, 5.74) is 1.72. The highest BCUT2D eigenvalue weighted by Crippen LogP contribution is 2.31. The lowest BCUT2D eigenvalue weighted by Crippen LogP contribution is -1.96. The predicted octanol–water partition coefficient (Wildman–Crippen LogP) is 10.2. The van der Waals surface area contributed by atoms with E-state index in [1.165, 1.54) is 42.5 Å². The second kappa shape index (κ2) is 12.8. The Balaban J connectivity index is 1.53. The van der Waals surface area contributed by atoms with Gasteiger partial charge in [0.05, 0.1) is 0 Å². The second-order valence-electron chi connectivity index (χ2n) is 9.26. The zero-order valence-electron chi connectivity index (χ0n) is 21.5. The topological polar surface area (TPSA) is 0 Å². The molecule has 0 saturated heterocycles. The van der Waals surface area contributed by atoms with E-state index < -0.39 is 35.5 Å². The molecule has 0 spiro atoms. The van der Waals surface area contributed by atoms with Crippen molar-refractivity contribution in [3.63, 3.8) is 0 Å². The fourth-order valence-corrected chi connectivity index (χ4v) is 4.37. The number of halogens is 7. The molecule has 0 radical (unpaired) electrons. The molecule has 4 rings (SSSR count). The standard InChI is InChI=1S/C33H25F7/c1-2-4-20-8-13-25(29(35)15-20)24-12-14-26(32(38)19-24)23-11-10-22(28(34)18-23)9-7-21-16-30(36)27(31(37)17-21)5-3-6-33(39)40/h3,6-19,33H,2,4-5H2,1H3/b6-3+,9-7+. The molecular formula is C33H25F7. The van der Waals surface area contributed by atoms with Crippen LogP contribution >= 0.6 is 0 Å². The number of rotatable bonds is 9. The molecule has 0 amide bonds.